The zero-order chi connectivity index (χ0) is 31.9. The van der Waals surface area contributed by atoms with Crippen LogP contribution in [-0.4, -0.2) is 0 Å². The zero-order valence-electron chi connectivity index (χ0n) is 26.5. The molecule has 0 aliphatic heterocycles. The number of hydrogen-bond acceptors (Lipinski definition) is 2. The molecule has 7 aromatic carbocycles. The molecule has 1 aromatic heterocycles. The van der Waals surface area contributed by atoms with Crippen LogP contribution in [0.3, 0.4) is 0 Å². The fourth-order valence-electron chi connectivity index (χ4n) is 7.30. The Morgan fingerprint density at radius 1 is 0.521 bits per heavy atom. The second-order valence-electron chi connectivity index (χ2n) is 12.5. The molecule has 48 heavy (non-hydrogen) atoms. The summed E-state index contributed by atoms with van der Waals surface area (Å²) in [6.45, 7) is 0. The summed E-state index contributed by atoms with van der Waals surface area (Å²) in [5.41, 5.74) is 9.78. The van der Waals surface area contributed by atoms with Crippen LogP contribution in [0, 0.1) is 0 Å². The minimum absolute atomic E-state index is 0.319. The molecule has 0 radical (unpaired) electrons. The van der Waals surface area contributed by atoms with Gasteiger partial charge in [0.1, 0.15) is 0 Å². The van der Waals surface area contributed by atoms with E-state index in [1.165, 1.54) is 64.4 Å². The SMILES string of the molecule is C1=CCC(c2ccccc2N(c2ccc(-c3cccc4c3sc3ccccc34)cc2)c2cccc(-c3cccc4ccccc34)c2)C=C1. The first-order valence-electron chi connectivity index (χ1n) is 16.6. The van der Waals surface area contributed by atoms with E-state index in [4.69, 9.17) is 0 Å². The van der Waals surface area contributed by atoms with Gasteiger partial charge in [-0.1, -0.05) is 146 Å². The van der Waals surface area contributed by atoms with Crippen LogP contribution in [0.25, 0.3) is 53.2 Å². The third kappa shape index (κ3) is 5.02. The average Bonchev–Trinajstić information content (AvgIpc) is 3.55. The van der Waals surface area contributed by atoms with E-state index in [1.807, 2.05) is 11.3 Å². The zero-order valence-corrected chi connectivity index (χ0v) is 27.3. The molecule has 0 fully saturated rings. The predicted molar refractivity (Wildman–Crippen MR) is 208 cm³/mol. The van der Waals surface area contributed by atoms with E-state index in [2.05, 4.69) is 187 Å². The van der Waals surface area contributed by atoms with Crippen molar-refractivity contribution in [2.45, 2.75) is 12.3 Å². The van der Waals surface area contributed by atoms with Gasteiger partial charge in [-0.05, 0) is 81.4 Å². The normalized spacial score (nSPS) is 14.2. The number of allylic oxidation sites excluding steroid dienone is 4. The van der Waals surface area contributed by atoms with Crippen LogP contribution >= 0.6 is 11.3 Å². The van der Waals surface area contributed by atoms with Crippen LogP contribution in [0.15, 0.2) is 182 Å². The van der Waals surface area contributed by atoms with Crippen molar-refractivity contribution in [3.8, 4) is 22.3 Å². The van der Waals surface area contributed by atoms with Gasteiger partial charge in [-0.25, -0.2) is 0 Å². The maximum atomic E-state index is 2.44. The third-order valence-electron chi connectivity index (χ3n) is 9.60. The number of benzene rings is 7. The second kappa shape index (κ2) is 12.2. The Balaban J connectivity index is 1.19. The first-order chi connectivity index (χ1) is 23.8. The summed E-state index contributed by atoms with van der Waals surface area (Å²) in [6.07, 6.45) is 9.93. The Morgan fingerprint density at radius 3 is 2.15 bits per heavy atom. The van der Waals surface area contributed by atoms with Crippen molar-refractivity contribution in [2.75, 3.05) is 4.90 Å². The number of thiophene rings is 1. The molecule has 9 rings (SSSR count). The van der Waals surface area contributed by atoms with E-state index < -0.39 is 0 Å². The molecule has 2 heteroatoms. The van der Waals surface area contributed by atoms with Gasteiger partial charge in [0.25, 0.3) is 0 Å². The number of rotatable bonds is 6. The summed E-state index contributed by atoms with van der Waals surface area (Å²) >= 11 is 1.88. The van der Waals surface area contributed by atoms with Gasteiger partial charge >= 0.3 is 0 Å². The van der Waals surface area contributed by atoms with Gasteiger partial charge in [-0.2, -0.15) is 0 Å². The Bertz CT molecular complexity index is 2490. The first-order valence-corrected chi connectivity index (χ1v) is 17.4. The van der Waals surface area contributed by atoms with Crippen molar-refractivity contribution in [3.05, 3.63) is 188 Å². The summed E-state index contributed by atoms with van der Waals surface area (Å²) in [6, 6.07) is 57.8. The van der Waals surface area contributed by atoms with E-state index in [-0.39, 0.29) is 0 Å². The fraction of sp³-hybridized carbons (Fsp3) is 0.0435. The van der Waals surface area contributed by atoms with E-state index in [1.54, 1.807) is 0 Å². The standard InChI is InChI=1S/C46H33NS/c1-2-13-33(14-3-1)40-20-6-8-25-44(40)47(37-18-10-17-35(31-37)39-22-11-16-32-15-4-5-19-38(32)39)36-29-27-34(28-30-36)41-23-12-24-43-42-21-7-9-26-45(42)48-46(41)43/h1-13,15-31,33H,14H2. The summed E-state index contributed by atoms with van der Waals surface area (Å²) in [5, 5.41) is 5.18. The lowest BCUT2D eigenvalue weighted by Gasteiger charge is -2.30. The van der Waals surface area contributed by atoms with Gasteiger partial charge < -0.3 is 4.90 Å². The molecule has 0 N–H and O–H groups in total. The highest BCUT2D eigenvalue weighted by Gasteiger charge is 2.21. The monoisotopic (exact) mass is 631 g/mol. The van der Waals surface area contributed by atoms with Crippen molar-refractivity contribution >= 4 is 59.3 Å². The minimum Gasteiger partial charge on any atom is -0.310 e. The Kier molecular flexibility index (Phi) is 7.22. The number of para-hydroxylation sites is 1. The molecule has 0 saturated heterocycles. The van der Waals surface area contributed by atoms with Gasteiger partial charge in [0.15, 0.2) is 0 Å². The van der Waals surface area contributed by atoms with Crippen LogP contribution in [-0.2, 0) is 0 Å². The number of hydrogen-bond donors (Lipinski definition) is 0. The maximum Gasteiger partial charge on any atom is 0.0499 e. The summed E-state index contributed by atoms with van der Waals surface area (Å²) in [5.74, 6) is 0.319. The molecule has 0 spiro atoms. The highest BCUT2D eigenvalue weighted by molar-refractivity contribution is 7.26. The smallest absolute Gasteiger partial charge is 0.0499 e. The first kappa shape index (κ1) is 28.5. The van der Waals surface area contributed by atoms with Gasteiger partial charge in [-0.3, -0.25) is 0 Å². The van der Waals surface area contributed by atoms with Gasteiger partial charge in [0.2, 0.25) is 0 Å². The minimum atomic E-state index is 0.319. The van der Waals surface area contributed by atoms with E-state index in [0.29, 0.717) is 5.92 Å². The van der Waals surface area contributed by atoms with E-state index in [0.717, 1.165) is 17.8 Å². The molecule has 1 unspecified atom stereocenters. The fourth-order valence-corrected chi connectivity index (χ4v) is 8.54. The van der Waals surface area contributed by atoms with Crippen LogP contribution < -0.4 is 4.90 Å². The second-order valence-corrected chi connectivity index (χ2v) is 13.5. The largest absolute Gasteiger partial charge is 0.310 e. The highest BCUT2D eigenvalue weighted by atomic mass is 32.1. The molecule has 228 valence electrons. The third-order valence-corrected chi connectivity index (χ3v) is 10.8. The topological polar surface area (TPSA) is 3.24 Å². The molecule has 1 nitrogen and oxygen atoms in total. The number of anilines is 3. The lowest BCUT2D eigenvalue weighted by molar-refractivity contribution is 0.852. The van der Waals surface area contributed by atoms with Crippen molar-refractivity contribution in [2.24, 2.45) is 0 Å². The predicted octanol–water partition coefficient (Wildman–Crippen LogP) is 13.6. The summed E-state index contributed by atoms with van der Waals surface area (Å²) in [4.78, 5) is 2.44. The van der Waals surface area contributed by atoms with Crippen LogP contribution in [0.1, 0.15) is 17.9 Å². The molecule has 0 saturated carbocycles. The van der Waals surface area contributed by atoms with Gasteiger partial charge in [0.05, 0.1) is 0 Å². The van der Waals surface area contributed by atoms with Crippen LogP contribution in [0.5, 0.6) is 0 Å². The number of nitrogens with zero attached hydrogens (tertiary/aromatic N) is 1. The molecular weight excluding hydrogens is 599 g/mol. The van der Waals surface area contributed by atoms with Gasteiger partial charge in [0, 0.05) is 43.2 Å². The summed E-state index contributed by atoms with van der Waals surface area (Å²) in [7, 11) is 0. The molecule has 0 bridgehead atoms. The molecule has 0 amide bonds. The van der Waals surface area contributed by atoms with E-state index >= 15 is 0 Å². The van der Waals surface area contributed by atoms with Crippen LogP contribution in [0.4, 0.5) is 17.1 Å². The molecule has 1 aliphatic rings. The Morgan fingerprint density at radius 2 is 1.25 bits per heavy atom. The Hall–Kier alpha value is -5.70. The quantitative estimate of drug-likeness (QED) is 0.176. The van der Waals surface area contributed by atoms with Crippen molar-refractivity contribution in [3.63, 3.8) is 0 Å². The van der Waals surface area contributed by atoms with Crippen molar-refractivity contribution in [1.82, 2.24) is 0 Å². The van der Waals surface area contributed by atoms with Crippen molar-refractivity contribution < 1.29 is 0 Å². The molecule has 1 atom stereocenters. The average molecular weight is 632 g/mol. The molecule has 1 aliphatic carbocycles. The molecular formula is C46H33NS. The highest BCUT2D eigenvalue weighted by Crippen LogP contribution is 2.44. The molecule has 8 aromatic rings. The summed E-state index contributed by atoms with van der Waals surface area (Å²) < 4.78 is 2.67. The van der Waals surface area contributed by atoms with Crippen LogP contribution in [0.2, 0.25) is 0 Å². The Labute approximate surface area is 285 Å². The van der Waals surface area contributed by atoms with Crippen molar-refractivity contribution in [1.29, 1.82) is 0 Å². The van der Waals surface area contributed by atoms with Gasteiger partial charge in [-0.15, -0.1) is 11.3 Å². The lowest BCUT2D eigenvalue weighted by atomic mass is 9.90. The lowest BCUT2D eigenvalue weighted by Crippen LogP contribution is -2.13. The maximum absolute atomic E-state index is 2.44. The van der Waals surface area contributed by atoms with E-state index in [9.17, 15) is 0 Å². The number of fused-ring (bicyclic) bond motifs is 4. The molecule has 1 heterocycles.